The molecule has 0 atom stereocenters. The Morgan fingerprint density at radius 3 is 2.44 bits per heavy atom. The molecule has 0 bridgehead atoms. The van der Waals surface area contributed by atoms with Crippen molar-refractivity contribution in [1.29, 1.82) is 5.26 Å². The second-order valence-corrected chi connectivity index (χ2v) is 4.07. The number of hydrogen-bond donors (Lipinski definition) is 1. The first-order chi connectivity index (χ1) is 8.83. The van der Waals surface area contributed by atoms with Crippen molar-refractivity contribution in [1.82, 2.24) is 4.40 Å². The molecule has 0 saturated carbocycles. The average Bonchev–Trinajstić information content (AvgIpc) is 2.73. The van der Waals surface area contributed by atoms with E-state index < -0.39 is 0 Å². The maximum Gasteiger partial charge on any atom is 0.117 e. The Balaban J connectivity index is 2.43. The van der Waals surface area contributed by atoms with Gasteiger partial charge in [0.05, 0.1) is 11.1 Å². The highest BCUT2D eigenvalue weighted by Crippen LogP contribution is 2.34. The molecule has 0 aliphatic rings. The minimum absolute atomic E-state index is 0.605. The van der Waals surface area contributed by atoms with E-state index >= 15 is 0 Å². The molecule has 86 valence electrons. The van der Waals surface area contributed by atoms with Crippen molar-refractivity contribution in [2.24, 2.45) is 0 Å². The first-order valence-electron chi connectivity index (χ1n) is 5.67. The largest absolute Gasteiger partial charge is 0.384 e. The van der Waals surface area contributed by atoms with Crippen LogP contribution in [0.15, 0.2) is 54.7 Å². The smallest absolute Gasteiger partial charge is 0.117 e. The third-order valence-electron chi connectivity index (χ3n) is 3.06. The van der Waals surface area contributed by atoms with Gasteiger partial charge >= 0.3 is 0 Å². The molecule has 3 aromatic rings. The van der Waals surface area contributed by atoms with E-state index in [0.29, 0.717) is 11.4 Å². The van der Waals surface area contributed by atoms with Gasteiger partial charge in [-0.1, -0.05) is 36.4 Å². The summed E-state index contributed by atoms with van der Waals surface area (Å²) in [4.78, 5) is 0. The average molecular weight is 233 g/mol. The number of nitrogen functional groups attached to an aromatic ring is 1. The van der Waals surface area contributed by atoms with Gasteiger partial charge in [-0.3, -0.25) is 0 Å². The molecule has 2 heterocycles. The zero-order chi connectivity index (χ0) is 12.5. The van der Waals surface area contributed by atoms with E-state index in [1.165, 1.54) is 0 Å². The summed E-state index contributed by atoms with van der Waals surface area (Å²) >= 11 is 0. The van der Waals surface area contributed by atoms with E-state index in [1.807, 2.05) is 59.1 Å². The SMILES string of the molecule is N#Cc1c(-c2ccccc2)c(N)n2ccccc12. The summed E-state index contributed by atoms with van der Waals surface area (Å²) in [7, 11) is 0. The molecule has 3 rings (SSSR count). The van der Waals surface area contributed by atoms with Crippen LogP contribution in [0.2, 0.25) is 0 Å². The Bertz CT molecular complexity index is 748. The molecule has 2 N–H and O–H groups in total. The number of fused-ring (bicyclic) bond motifs is 1. The molecule has 0 unspecified atom stereocenters. The normalized spacial score (nSPS) is 10.4. The zero-order valence-corrected chi connectivity index (χ0v) is 9.67. The highest BCUT2D eigenvalue weighted by Gasteiger charge is 2.16. The minimum Gasteiger partial charge on any atom is -0.384 e. The maximum absolute atomic E-state index is 9.37. The fraction of sp³-hybridized carbons (Fsp3) is 0. The predicted molar refractivity (Wildman–Crippen MR) is 72.0 cm³/mol. The van der Waals surface area contributed by atoms with Crippen molar-refractivity contribution in [2.45, 2.75) is 0 Å². The number of hydrogen-bond acceptors (Lipinski definition) is 2. The van der Waals surface area contributed by atoms with Gasteiger partial charge < -0.3 is 10.1 Å². The lowest BCUT2D eigenvalue weighted by Crippen LogP contribution is -1.93. The van der Waals surface area contributed by atoms with E-state index in [0.717, 1.165) is 16.6 Å². The Morgan fingerprint density at radius 1 is 1.00 bits per heavy atom. The van der Waals surface area contributed by atoms with Crippen LogP contribution in [0.3, 0.4) is 0 Å². The summed E-state index contributed by atoms with van der Waals surface area (Å²) in [5, 5.41) is 9.37. The number of anilines is 1. The van der Waals surface area contributed by atoms with Gasteiger partial charge in [0, 0.05) is 11.8 Å². The molecule has 0 aliphatic heterocycles. The van der Waals surface area contributed by atoms with Crippen LogP contribution < -0.4 is 5.73 Å². The third-order valence-corrected chi connectivity index (χ3v) is 3.06. The van der Waals surface area contributed by atoms with Gasteiger partial charge in [0.2, 0.25) is 0 Å². The highest BCUT2D eigenvalue weighted by atomic mass is 15.0. The molecule has 3 nitrogen and oxygen atoms in total. The summed E-state index contributed by atoms with van der Waals surface area (Å²) in [6, 6.07) is 17.7. The van der Waals surface area contributed by atoms with Gasteiger partial charge in [0.15, 0.2) is 0 Å². The van der Waals surface area contributed by atoms with Crippen molar-refractivity contribution < 1.29 is 0 Å². The monoisotopic (exact) mass is 233 g/mol. The van der Waals surface area contributed by atoms with Crippen LogP contribution in [0, 0.1) is 11.3 Å². The Kier molecular flexibility index (Phi) is 2.28. The van der Waals surface area contributed by atoms with Crippen LogP contribution >= 0.6 is 0 Å². The Labute approximate surface area is 105 Å². The summed E-state index contributed by atoms with van der Waals surface area (Å²) in [6.45, 7) is 0. The van der Waals surface area contributed by atoms with Crippen LogP contribution in [-0.4, -0.2) is 4.40 Å². The Morgan fingerprint density at radius 2 is 1.72 bits per heavy atom. The van der Waals surface area contributed by atoms with Crippen LogP contribution in [0.5, 0.6) is 0 Å². The lowest BCUT2D eigenvalue weighted by Gasteiger charge is -2.00. The number of pyridine rings is 1. The van der Waals surface area contributed by atoms with Gasteiger partial charge in [-0.05, 0) is 17.7 Å². The van der Waals surface area contributed by atoms with Crippen molar-refractivity contribution in [3.05, 3.63) is 60.3 Å². The van der Waals surface area contributed by atoms with E-state index in [2.05, 4.69) is 6.07 Å². The highest BCUT2D eigenvalue weighted by molar-refractivity contribution is 5.89. The molecule has 3 heteroatoms. The molecule has 18 heavy (non-hydrogen) atoms. The van der Waals surface area contributed by atoms with Gasteiger partial charge in [0.1, 0.15) is 11.9 Å². The van der Waals surface area contributed by atoms with Crippen molar-refractivity contribution >= 4 is 11.3 Å². The zero-order valence-electron chi connectivity index (χ0n) is 9.67. The summed E-state index contributed by atoms with van der Waals surface area (Å²) in [6.07, 6.45) is 1.87. The van der Waals surface area contributed by atoms with Crippen molar-refractivity contribution in [3.63, 3.8) is 0 Å². The van der Waals surface area contributed by atoms with Crippen LogP contribution in [-0.2, 0) is 0 Å². The molecule has 0 aliphatic carbocycles. The fourth-order valence-corrected chi connectivity index (χ4v) is 2.24. The summed E-state index contributed by atoms with van der Waals surface area (Å²) in [5.74, 6) is 0.605. The lowest BCUT2D eigenvalue weighted by molar-refractivity contribution is 1.21. The lowest BCUT2D eigenvalue weighted by atomic mass is 10.0. The van der Waals surface area contributed by atoms with Gasteiger partial charge in [-0.15, -0.1) is 0 Å². The van der Waals surface area contributed by atoms with E-state index in [9.17, 15) is 5.26 Å². The fourth-order valence-electron chi connectivity index (χ4n) is 2.24. The predicted octanol–water partition coefficient (Wildman–Crippen LogP) is 3.06. The number of rotatable bonds is 1. The Hall–Kier alpha value is -2.73. The quantitative estimate of drug-likeness (QED) is 0.702. The maximum atomic E-state index is 9.37. The second-order valence-electron chi connectivity index (χ2n) is 4.07. The van der Waals surface area contributed by atoms with Crippen LogP contribution in [0.1, 0.15) is 5.56 Å². The van der Waals surface area contributed by atoms with Crippen LogP contribution in [0.4, 0.5) is 5.82 Å². The molecule has 0 radical (unpaired) electrons. The van der Waals surface area contributed by atoms with Gasteiger partial charge in [0.25, 0.3) is 0 Å². The molecule has 0 fully saturated rings. The van der Waals surface area contributed by atoms with Gasteiger partial charge in [-0.25, -0.2) is 0 Å². The number of aromatic nitrogens is 1. The molecular formula is C15H11N3. The van der Waals surface area contributed by atoms with Crippen LogP contribution in [0.25, 0.3) is 16.6 Å². The number of nitriles is 1. The summed E-state index contributed by atoms with van der Waals surface area (Å²) in [5.41, 5.74) is 9.40. The first kappa shape index (κ1) is 10.4. The minimum atomic E-state index is 0.605. The molecule has 0 spiro atoms. The molecular weight excluding hydrogens is 222 g/mol. The molecule has 0 amide bonds. The number of nitrogens with two attached hydrogens (primary N) is 1. The topological polar surface area (TPSA) is 54.2 Å². The molecule has 2 aromatic heterocycles. The third kappa shape index (κ3) is 1.36. The van der Waals surface area contributed by atoms with E-state index in [4.69, 9.17) is 5.73 Å². The van der Waals surface area contributed by atoms with Crippen molar-refractivity contribution in [3.8, 4) is 17.2 Å². The first-order valence-corrected chi connectivity index (χ1v) is 5.67. The van der Waals surface area contributed by atoms with E-state index in [-0.39, 0.29) is 0 Å². The van der Waals surface area contributed by atoms with Gasteiger partial charge in [-0.2, -0.15) is 5.26 Å². The molecule has 0 saturated heterocycles. The standard InChI is InChI=1S/C15H11N3/c16-10-12-13-8-4-5-9-18(13)15(17)14(12)11-6-2-1-3-7-11/h1-9H,17H2. The van der Waals surface area contributed by atoms with Crippen molar-refractivity contribution in [2.75, 3.05) is 5.73 Å². The molecule has 1 aromatic carbocycles. The second kappa shape index (κ2) is 3.94. The number of nitrogens with zero attached hydrogens (tertiary/aromatic N) is 2. The summed E-state index contributed by atoms with van der Waals surface area (Å²) < 4.78 is 1.85. The van der Waals surface area contributed by atoms with E-state index in [1.54, 1.807) is 0 Å². The number of benzene rings is 1.